The third kappa shape index (κ3) is 6.73. The van der Waals surface area contributed by atoms with Crippen LogP contribution in [0, 0.1) is 0 Å². The lowest BCUT2D eigenvalue weighted by Crippen LogP contribution is -2.46. The molecule has 1 fully saturated rings. The lowest BCUT2D eigenvalue weighted by Gasteiger charge is -2.36. The van der Waals surface area contributed by atoms with E-state index in [0.717, 1.165) is 49.8 Å². The van der Waals surface area contributed by atoms with Gasteiger partial charge in [0.25, 0.3) is 0 Å². The first-order chi connectivity index (χ1) is 17.0. The van der Waals surface area contributed by atoms with Crippen LogP contribution in [0.2, 0.25) is 0 Å². The number of methoxy groups -OCH3 is 1. The van der Waals surface area contributed by atoms with Crippen LogP contribution in [0.5, 0.6) is 11.5 Å². The fraction of sp³-hybridized carbons (Fsp3) is 0.357. The molecule has 0 saturated carbocycles. The van der Waals surface area contributed by atoms with Crippen molar-refractivity contribution in [2.75, 3.05) is 38.2 Å². The smallest absolute Gasteiger partial charge is 0.342 e. The lowest BCUT2D eigenvalue weighted by atomic mass is 10.1. The Morgan fingerprint density at radius 2 is 1.57 bits per heavy atom. The van der Waals surface area contributed by atoms with Gasteiger partial charge in [0.2, 0.25) is 0 Å². The lowest BCUT2D eigenvalue weighted by molar-refractivity contribution is 0.0378. The molecule has 35 heavy (non-hydrogen) atoms. The summed E-state index contributed by atoms with van der Waals surface area (Å²) in [4.78, 5) is 21.6. The Labute approximate surface area is 207 Å². The summed E-state index contributed by atoms with van der Waals surface area (Å²) in [6.07, 6.45) is 1.57. The molecule has 0 radical (unpaired) electrons. The first-order valence-corrected chi connectivity index (χ1v) is 12.0. The standard InChI is InChI=1S/C28H33N3O4/c1-21(2)35-28(32)26-5-4-14-29-27(26)31-17-15-30(16-18-31)19-22-6-12-25(13-7-22)34-20-23-8-10-24(33-3)11-9-23/h4-14,21H,15-20H2,1-3H3. The number of anilines is 1. The molecule has 2 heterocycles. The molecule has 2 aromatic carbocycles. The fourth-order valence-corrected chi connectivity index (χ4v) is 4.04. The second-order valence-electron chi connectivity index (χ2n) is 8.87. The van der Waals surface area contributed by atoms with Crippen LogP contribution in [0.25, 0.3) is 0 Å². The number of carbonyl (C=O) groups excluding carboxylic acids is 1. The average Bonchev–Trinajstić information content (AvgIpc) is 2.89. The summed E-state index contributed by atoms with van der Waals surface area (Å²) in [6, 6.07) is 19.7. The zero-order valence-corrected chi connectivity index (χ0v) is 20.6. The monoisotopic (exact) mass is 475 g/mol. The quantitative estimate of drug-likeness (QED) is 0.421. The molecular formula is C28H33N3O4. The van der Waals surface area contributed by atoms with Gasteiger partial charge in [-0.2, -0.15) is 0 Å². The number of piperazine rings is 1. The van der Waals surface area contributed by atoms with Crippen molar-refractivity contribution in [3.05, 3.63) is 83.6 Å². The van der Waals surface area contributed by atoms with Crippen LogP contribution in [0.1, 0.15) is 35.3 Å². The second kappa shape index (κ2) is 11.7. The van der Waals surface area contributed by atoms with Gasteiger partial charge in [-0.1, -0.05) is 24.3 Å². The van der Waals surface area contributed by atoms with Gasteiger partial charge >= 0.3 is 5.97 Å². The molecule has 0 aliphatic carbocycles. The number of esters is 1. The zero-order valence-electron chi connectivity index (χ0n) is 20.6. The minimum absolute atomic E-state index is 0.161. The van der Waals surface area contributed by atoms with Crippen molar-refractivity contribution in [1.82, 2.24) is 9.88 Å². The number of ether oxygens (including phenoxy) is 3. The molecule has 7 heteroatoms. The minimum atomic E-state index is -0.320. The van der Waals surface area contributed by atoms with Crippen LogP contribution in [-0.4, -0.2) is 55.2 Å². The number of pyridine rings is 1. The third-order valence-corrected chi connectivity index (χ3v) is 5.92. The van der Waals surface area contributed by atoms with Crippen molar-refractivity contribution in [3.8, 4) is 11.5 Å². The topological polar surface area (TPSA) is 64.1 Å². The summed E-state index contributed by atoms with van der Waals surface area (Å²) < 4.78 is 16.5. The van der Waals surface area contributed by atoms with E-state index in [4.69, 9.17) is 14.2 Å². The molecular weight excluding hydrogens is 442 g/mol. The van der Waals surface area contributed by atoms with Crippen LogP contribution in [0.15, 0.2) is 66.9 Å². The Balaban J connectivity index is 1.27. The number of benzene rings is 2. The summed E-state index contributed by atoms with van der Waals surface area (Å²) in [6.45, 7) is 8.50. The Morgan fingerprint density at radius 1 is 0.914 bits per heavy atom. The van der Waals surface area contributed by atoms with Crippen molar-refractivity contribution in [2.45, 2.75) is 33.1 Å². The van der Waals surface area contributed by atoms with E-state index in [9.17, 15) is 4.79 Å². The second-order valence-corrected chi connectivity index (χ2v) is 8.87. The van der Waals surface area contributed by atoms with E-state index in [2.05, 4.69) is 26.9 Å². The molecule has 1 aliphatic rings. The first-order valence-electron chi connectivity index (χ1n) is 12.0. The van der Waals surface area contributed by atoms with Crippen LogP contribution >= 0.6 is 0 Å². The maximum atomic E-state index is 12.5. The molecule has 0 bridgehead atoms. The summed E-state index contributed by atoms with van der Waals surface area (Å²) in [5.74, 6) is 2.08. The summed E-state index contributed by atoms with van der Waals surface area (Å²) in [7, 11) is 1.66. The van der Waals surface area contributed by atoms with Crippen LogP contribution in [-0.2, 0) is 17.9 Å². The van der Waals surface area contributed by atoms with Crippen molar-refractivity contribution in [1.29, 1.82) is 0 Å². The third-order valence-electron chi connectivity index (χ3n) is 5.92. The van der Waals surface area contributed by atoms with Gasteiger partial charge < -0.3 is 19.1 Å². The Morgan fingerprint density at radius 3 is 2.23 bits per heavy atom. The molecule has 1 aromatic heterocycles. The van der Waals surface area contributed by atoms with Gasteiger partial charge in [0.15, 0.2) is 0 Å². The highest BCUT2D eigenvalue weighted by atomic mass is 16.5. The predicted octanol–water partition coefficient (Wildman–Crippen LogP) is 4.56. The number of aromatic nitrogens is 1. The maximum Gasteiger partial charge on any atom is 0.342 e. The van der Waals surface area contributed by atoms with Gasteiger partial charge in [-0.15, -0.1) is 0 Å². The molecule has 7 nitrogen and oxygen atoms in total. The van der Waals surface area contributed by atoms with Gasteiger partial charge in [-0.05, 0) is 61.4 Å². The molecule has 184 valence electrons. The number of hydrogen-bond acceptors (Lipinski definition) is 7. The van der Waals surface area contributed by atoms with E-state index in [1.807, 2.05) is 50.2 Å². The van der Waals surface area contributed by atoms with E-state index in [1.165, 1.54) is 5.56 Å². The van der Waals surface area contributed by atoms with Crippen molar-refractivity contribution < 1.29 is 19.0 Å². The molecule has 4 rings (SSSR count). The SMILES string of the molecule is COc1ccc(COc2ccc(CN3CCN(c4ncccc4C(=O)OC(C)C)CC3)cc2)cc1. The molecule has 1 aliphatic heterocycles. The first kappa shape index (κ1) is 24.5. The molecule has 0 unspecified atom stereocenters. The van der Waals surface area contributed by atoms with Gasteiger partial charge in [0.05, 0.1) is 13.2 Å². The van der Waals surface area contributed by atoms with Gasteiger partial charge in [0, 0.05) is 38.9 Å². The maximum absolute atomic E-state index is 12.5. The van der Waals surface area contributed by atoms with Crippen molar-refractivity contribution in [3.63, 3.8) is 0 Å². The zero-order chi connectivity index (χ0) is 24.6. The number of hydrogen-bond donors (Lipinski definition) is 0. The molecule has 0 N–H and O–H groups in total. The van der Waals surface area contributed by atoms with Crippen molar-refractivity contribution >= 4 is 11.8 Å². The average molecular weight is 476 g/mol. The highest BCUT2D eigenvalue weighted by Gasteiger charge is 2.23. The molecule has 0 amide bonds. The Kier molecular flexibility index (Phi) is 8.21. The largest absolute Gasteiger partial charge is 0.497 e. The van der Waals surface area contributed by atoms with Crippen LogP contribution in [0.3, 0.4) is 0 Å². The van der Waals surface area contributed by atoms with Crippen LogP contribution in [0.4, 0.5) is 5.82 Å². The molecule has 3 aromatic rings. The Hall–Kier alpha value is -3.58. The van der Waals surface area contributed by atoms with Gasteiger partial charge in [0.1, 0.15) is 29.5 Å². The van der Waals surface area contributed by atoms with Crippen LogP contribution < -0.4 is 14.4 Å². The predicted molar refractivity (Wildman–Crippen MR) is 136 cm³/mol. The van der Waals surface area contributed by atoms with E-state index in [1.54, 1.807) is 25.4 Å². The number of nitrogens with zero attached hydrogens (tertiary/aromatic N) is 3. The minimum Gasteiger partial charge on any atom is -0.497 e. The number of carbonyl (C=O) groups is 1. The molecule has 1 saturated heterocycles. The Bertz CT molecular complexity index is 1090. The number of rotatable bonds is 9. The summed E-state index contributed by atoms with van der Waals surface area (Å²) in [5, 5.41) is 0. The molecule has 0 atom stereocenters. The summed E-state index contributed by atoms with van der Waals surface area (Å²) in [5.41, 5.74) is 2.87. The van der Waals surface area contributed by atoms with Gasteiger partial charge in [-0.3, -0.25) is 4.90 Å². The van der Waals surface area contributed by atoms with E-state index < -0.39 is 0 Å². The molecule has 0 spiro atoms. The summed E-state index contributed by atoms with van der Waals surface area (Å²) >= 11 is 0. The van der Waals surface area contributed by atoms with Crippen molar-refractivity contribution in [2.24, 2.45) is 0 Å². The van der Waals surface area contributed by atoms with E-state index >= 15 is 0 Å². The van der Waals surface area contributed by atoms with E-state index in [-0.39, 0.29) is 12.1 Å². The fourth-order valence-electron chi connectivity index (χ4n) is 4.04. The normalized spacial score (nSPS) is 14.1. The highest BCUT2D eigenvalue weighted by molar-refractivity contribution is 5.94. The van der Waals surface area contributed by atoms with Gasteiger partial charge in [-0.25, -0.2) is 9.78 Å². The highest BCUT2D eigenvalue weighted by Crippen LogP contribution is 2.22. The van der Waals surface area contributed by atoms with E-state index in [0.29, 0.717) is 18.0 Å².